The van der Waals surface area contributed by atoms with Crippen molar-refractivity contribution in [2.24, 2.45) is 0 Å². The zero-order valence-electron chi connectivity index (χ0n) is 11.6. The number of thiophene rings is 1. The summed E-state index contributed by atoms with van der Waals surface area (Å²) in [6.07, 6.45) is 0. The summed E-state index contributed by atoms with van der Waals surface area (Å²) in [6, 6.07) is 10.8. The maximum absolute atomic E-state index is 6.46. The average Bonchev–Trinajstić information content (AvgIpc) is 2.89. The van der Waals surface area contributed by atoms with Gasteiger partial charge in [-0.05, 0) is 35.6 Å². The first-order valence-corrected chi connectivity index (χ1v) is 8.25. The van der Waals surface area contributed by atoms with Crippen LogP contribution < -0.4 is 5.32 Å². The lowest BCUT2D eigenvalue weighted by molar-refractivity contribution is 0.200. The molecule has 1 unspecified atom stereocenters. The lowest BCUT2D eigenvalue weighted by Gasteiger charge is -2.35. The van der Waals surface area contributed by atoms with Gasteiger partial charge in [-0.25, -0.2) is 0 Å². The third kappa shape index (κ3) is 2.91. The highest BCUT2D eigenvalue weighted by Crippen LogP contribution is 2.36. The molecule has 1 aliphatic rings. The van der Waals surface area contributed by atoms with E-state index < -0.39 is 0 Å². The Morgan fingerprint density at radius 3 is 2.65 bits per heavy atom. The van der Waals surface area contributed by atoms with Crippen LogP contribution >= 0.6 is 22.9 Å². The van der Waals surface area contributed by atoms with Crippen LogP contribution in [-0.2, 0) is 0 Å². The normalized spacial score (nSPS) is 18.1. The molecule has 1 saturated heterocycles. The zero-order chi connectivity index (χ0) is 13.9. The first-order valence-electron chi connectivity index (χ1n) is 7.00. The number of nitrogens with one attached hydrogen (secondary N) is 1. The number of hydrogen-bond donors (Lipinski definition) is 1. The number of aryl methyl sites for hydroxylation is 1. The van der Waals surface area contributed by atoms with Crippen LogP contribution in [-0.4, -0.2) is 31.1 Å². The Bertz CT molecular complexity index is 575. The molecule has 1 aromatic heterocycles. The van der Waals surface area contributed by atoms with Crippen LogP contribution in [0.15, 0.2) is 35.7 Å². The Labute approximate surface area is 129 Å². The quantitative estimate of drug-likeness (QED) is 0.930. The van der Waals surface area contributed by atoms with Crippen molar-refractivity contribution in [1.29, 1.82) is 0 Å². The summed E-state index contributed by atoms with van der Waals surface area (Å²) in [5, 5.41) is 6.51. The molecule has 3 rings (SSSR count). The predicted molar refractivity (Wildman–Crippen MR) is 86.8 cm³/mol. The molecule has 0 aliphatic carbocycles. The first kappa shape index (κ1) is 14.1. The van der Waals surface area contributed by atoms with Gasteiger partial charge in [0, 0.05) is 36.1 Å². The van der Waals surface area contributed by atoms with Gasteiger partial charge in [-0.15, -0.1) is 11.3 Å². The summed E-state index contributed by atoms with van der Waals surface area (Å²) >= 11 is 8.29. The molecule has 1 aromatic carbocycles. The van der Waals surface area contributed by atoms with E-state index >= 15 is 0 Å². The summed E-state index contributed by atoms with van der Waals surface area (Å²) in [5.74, 6) is 0. The number of halogens is 1. The highest BCUT2D eigenvalue weighted by Gasteiger charge is 2.26. The second kappa shape index (κ2) is 6.27. The van der Waals surface area contributed by atoms with Crippen molar-refractivity contribution in [2.45, 2.75) is 13.0 Å². The van der Waals surface area contributed by atoms with Crippen molar-refractivity contribution in [3.8, 4) is 0 Å². The van der Waals surface area contributed by atoms with Crippen LogP contribution in [0.25, 0.3) is 0 Å². The first-order chi connectivity index (χ1) is 9.75. The van der Waals surface area contributed by atoms with Crippen molar-refractivity contribution in [3.63, 3.8) is 0 Å². The van der Waals surface area contributed by atoms with Gasteiger partial charge in [0.05, 0.1) is 6.04 Å². The SMILES string of the molecule is Cc1csc(C(c2ccccc2Cl)N2CCNCC2)c1. The standard InChI is InChI=1S/C16H19ClN2S/c1-12-10-15(20-11-12)16(19-8-6-18-7-9-19)13-4-2-3-5-14(13)17/h2-5,10-11,16,18H,6-9H2,1H3. The lowest BCUT2D eigenvalue weighted by Crippen LogP contribution is -2.45. The highest BCUT2D eigenvalue weighted by atomic mass is 35.5. The topological polar surface area (TPSA) is 15.3 Å². The van der Waals surface area contributed by atoms with E-state index in [4.69, 9.17) is 11.6 Å². The highest BCUT2D eigenvalue weighted by molar-refractivity contribution is 7.10. The van der Waals surface area contributed by atoms with Crippen molar-refractivity contribution in [3.05, 3.63) is 56.7 Å². The van der Waals surface area contributed by atoms with Crippen LogP contribution in [0.2, 0.25) is 5.02 Å². The molecule has 1 atom stereocenters. The molecule has 1 N–H and O–H groups in total. The van der Waals surface area contributed by atoms with Gasteiger partial charge >= 0.3 is 0 Å². The summed E-state index contributed by atoms with van der Waals surface area (Å²) in [4.78, 5) is 3.92. The molecule has 2 heterocycles. The number of rotatable bonds is 3. The van der Waals surface area contributed by atoms with Gasteiger partial charge in [0.1, 0.15) is 0 Å². The molecule has 20 heavy (non-hydrogen) atoms. The zero-order valence-corrected chi connectivity index (χ0v) is 13.2. The maximum atomic E-state index is 6.46. The van der Waals surface area contributed by atoms with E-state index in [1.54, 1.807) is 0 Å². The van der Waals surface area contributed by atoms with E-state index in [9.17, 15) is 0 Å². The lowest BCUT2D eigenvalue weighted by atomic mass is 10.0. The Balaban J connectivity index is 2.01. The van der Waals surface area contributed by atoms with Crippen LogP contribution in [0.5, 0.6) is 0 Å². The minimum atomic E-state index is 0.282. The number of benzene rings is 1. The molecule has 0 saturated carbocycles. The molecule has 0 spiro atoms. The molecular weight excluding hydrogens is 288 g/mol. The Kier molecular flexibility index (Phi) is 4.41. The monoisotopic (exact) mass is 306 g/mol. The van der Waals surface area contributed by atoms with Gasteiger partial charge < -0.3 is 5.32 Å². The average molecular weight is 307 g/mol. The fraction of sp³-hybridized carbons (Fsp3) is 0.375. The van der Waals surface area contributed by atoms with Crippen LogP contribution in [0.1, 0.15) is 22.0 Å². The number of piperazine rings is 1. The number of hydrogen-bond acceptors (Lipinski definition) is 3. The van der Waals surface area contributed by atoms with Crippen molar-refractivity contribution in [2.75, 3.05) is 26.2 Å². The van der Waals surface area contributed by atoms with Crippen molar-refractivity contribution in [1.82, 2.24) is 10.2 Å². The molecule has 0 radical (unpaired) electrons. The van der Waals surface area contributed by atoms with Gasteiger partial charge in [-0.3, -0.25) is 4.90 Å². The smallest absolute Gasteiger partial charge is 0.0711 e. The minimum absolute atomic E-state index is 0.282. The van der Waals surface area contributed by atoms with Crippen LogP contribution in [0, 0.1) is 6.92 Å². The number of nitrogens with zero attached hydrogens (tertiary/aromatic N) is 1. The predicted octanol–water partition coefficient (Wildman–Crippen LogP) is 3.70. The third-order valence-corrected chi connectivity index (χ3v) is 5.18. The second-order valence-corrected chi connectivity index (χ2v) is 6.59. The molecule has 106 valence electrons. The summed E-state index contributed by atoms with van der Waals surface area (Å²) in [7, 11) is 0. The van der Waals surface area contributed by atoms with Gasteiger partial charge in [-0.2, -0.15) is 0 Å². The Hall–Kier alpha value is -0.870. The molecule has 2 aromatic rings. The van der Waals surface area contributed by atoms with E-state index in [1.165, 1.54) is 16.0 Å². The molecule has 4 heteroatoms. The maximum Gasteiger partial charge on any atom is 0.0711 e. The third-order valence-electron chi connectivity index (χ3n) is 3.74. The fourth-order valence-corrected chi connectivity index (χ4v) is 4.05. The van der Waals surface area contributed by atoms with Crippen LogP contribution in [0.4, 0.5) is 0 Å². The molecule has 0 bridgehead atoms. The fourth-order valence-electron chi connectivity index (χ4n) is 2.76. The summed E-state index contributed by atoms with van der Waals surface area (Å²) in [6.45, 7) is 6.37. The van der Waals surface area contributed by atoms with Crippen molar-refractivity contribution < 1.29 is 0 Å². The Morgan fingerprint density at radius 2 is 2.00 bits per heavy atom. The second-order valence-electron chi connectivity index (χ2n) is 5.24. The summed E-state index contributed by atoms with van der Waals surface area (Å²) in [5.41, 5.74) is 2.55. The molecular formula is C16H19ClN2S. The molecule has 1 fully saturated rings. The van der Waals surface area contributed by atoms with Gasteiger partial charge in [0.25, 0.3) is 0 Å². The molecule has 1 aliphatic heterocycles. The minimum Gasteiger partial charge on any atom is -0.314 e. The van der Waals surface area contributed by atoms with E-state index in [-0.39, 0.29) is 6.04 Å². The molecule has 0 amide bonds. The van der Waals surface area contributed by atoms with Gasteiger partial charge in [0.2, 0.25) is 0 Å². The van der Waals surface area contributed by atoms with E-state index in [0.717, 1.165) is 31.2 Å². The largest absolute Gasteiger partial charge is 0.314 e. The van der Waals surface area contributed by atoms with Crippen molar-refractivity contribution >= 4 is 22.9 Å². The van der Waals surface area contributed by atoms with E-state index in [2.05, 4.69) is 40.7 Å². The molecule has 2 nitrogen and oxygen atoms in total. The van der Waals surface area contributed by atoms with E-state index in [1.807, 2.05) is 23.5 Å². The van der Waals surface area contributed by atoms with Gasteiger partial charge in [0.15, 0.2) is 0 Å². The summed E-state index contributed by atoms with van der Waals surface area (Å²) < 4.78 is 0. The van der Waals surface area contributed by atoms with E-state index in [0.29, 0.717) is 0 Å². The van der Waals surface area contributed by atoms with Gasteiger partial charge in [-0.1, -0.05) is 29.8 Å². The Morgan fingerprint density at radius 1 is 1.25 bits per heavy atom. The van der Waals surface area contributed by atoms with Crippen LogP contribution in [0.3, 0.4) is 0 Å².